The fraction of sp³-hybridized carbons (Fsp3) is 0.632. The number of amides is 1. The van der Waals surface area contributed by atoms with Crippen LogP contribution >= 0.6 is 11.8 Å². The van der Waals surface area contributed by atoms with Gasteiger partial charge in [0.1, 0.15) is 5.82 Å². The quantitative estimate of drug-likeness (QED) is 0.886. The first-order valence-electron chi connectivity index (χ1n) is 9.03. The van der Waals surface area contributed by atoms with Crippen molar-refractivity contribution in [1.29, 1.82) is 0 Å². The molecule has 2 aliphatic heterocycles. The largest absolute Gasteiger partial charge is 0.356 e. The van der Waals surface area contributed by atoms with Gasteiger partial charge in [-0.2, -0.15) is 11.8 Å². The zero-order valence-corrected chi connectivity index (χ0v) is 15.0. The first-order valence-corrected chi connectivity index (χ1v) is 10.2. The summed E-state index contributed by atoms with van der Waals surface area (Å²) in [6.07, 6.45) is 5.37. The Morgan fingerprint density at radius 3 is 2.46 bits per heavy atom. The number of likely N-dealkylation sites (tertiary alicyclic amines) is 1. The Bertz CT molecular complexity index is 523. The van der Waals surface area contributed by atoms with Crippen LogP contribution in [0.1, 0.15) is 31.2 Å². The van der Waals surface area contributed by atoms with Gasteiger partial charge in [-0.05, 0) is 73.9 Å². The number of rotatable bonds is 5. The zero-order chi connectivity index (χ0) is 16.8. The number of halogens is 1. The lowest BCUT2D eigenvalue weighted by atomic mass is 9.94. The molecule has 2 saturated heterocycles. The molecule has 1 N–H and O–H groups in total. The standard InChI is InChI=1S/C19H27FN2OS/c20-17-3-1-15(2-4-17)13-19(23)21-14-16-5-9-22(10-6-16)18-7-11-24-12-8-18/h1-4,16,18H,5-14H2,(H,21,23). The lowest BCUT2D eigenvalue weighted by molar-refractivity contribution is -0.120. The molecular weight excluding hydrogens is 323 g/mol. The molecule has 0 unspecified atom stereocenters. The molecule has 132 valence electrons. The molecule has 0 bridgehead atoms. The first-order chi connectivity index (χ1) is 11.7. The van der Waals surface area contributed by atoms with Crippen molar-refractivity contribution in [2.45, 2.75) is 38.1 Å². The maximum Gasteiger partial charge on any atom is 0.224 e. The van der Waals surface area contributed by atoms with Crippen LogP contribution in [0.25, 0.3) is 0 Å². The maximum atomic E-state index is 12.9. The van der Waals surface area contributed by atoms with Gasteiger partial charge in [-0.1, -0.05) is 12.1 Å². The number of piperidine rings is 1. The molecule has 1 aromatic carbocycles. The third kappa shape index (κ3) is 5.21. The van der Waals surface area contributed by atoms with Crippen molar-refractivity contribution in [1.82, 2.24) is 10.2 Å². The molecule has 3 nitrogen and oxygen atoms in total. The van der Waals surface area contributed by atoms with Crippen LogP contribution in [0.2, 0.25) is 0 Å². The Hall–Kier alpha value is -1.07. The monoisotopic (exact) mass is 350 g/mol. The fourth-order valence-corrected chi connectivity index (χ4v) is 4.76. The summed E-state index contributed by atoms with van der Waals surface area (Å²) in [5.74, 6) is 2.99. The van der Waals surface area contributed by atoms with Gasteiger partial charge in [0.2, 0.25) is 5.91 Å². The Morgan fingerprint density at radius 2 is 1.79 bits per heavy atom. The number of nitrogens with one attached hydrogen (secondary N) is 1. The van der Waals surface area contributed by atoms with Crippen LogP contribution in [0.15, 0.2) is 24.3 Å². The molecule has 0 radical (unpaired) electrons. The highest BCUT2D eigenvalue weighted by atomic mass is 32.2. The molecule has 2 heterocycles. The van der Waals surface area contributed by atoms with Gasteiger partial charge >= 0.3 is 0 Å². The van der Waals surface area contributed by atoms with Crippen molar-refractivity contribution >= 4 is 17.7 Å². The van der Waals surface area contributed by atoms with Crippen LogP contribution in [0.4, 0.5) is 4.39 Å². The molecular formula is C19H27FN2OS. The van der Waals surface area contributed by atoms with E-state index in [-0.39, 0.29) is 11.7 Å². The summed E-state index contributed by atoms with van der Waals surface area (Å²) >= 11 is 2.08. The van der Waals surface area contributed by atoms with Crippen molar-refractivity contribution < 1.29 is 9.18 Å². The van der Waals surface area contributed by atoms with Crippen molar-refractivity contribution in [3.8, 4) is 0 Å². The number of nitrogens with zero attached hydrogens (tertiary/aromatic N) is 1. The van der Waals surface area contributed by atoms with E-state index in [0.717, 1.165) is 18.2 Å². The highest BCUT2D eigenvalue weighted by Crippen LogP contribution is 2.26. The Kier molecular flexibility index (Phi) is 6.55. The smallest absolute Gasteiger partial charge is 0.224 e. The van der Waals surface area contributed by atoms with Gasteiger partial charge in [-0.15, -0.1) is 0 Å². The van der Waals surface area contributed by atoms with Crippen molar-refractivity contribution in [2.75, 3.05) is 31.1 Å². The second-order valence-electron chi connectivity index (χ2n) is 6.93. The van der Waals surface area contributed by atoms with Gasteiger partial charge in [-0.25, -0.2) is 4.39 Å². The van der Waals surface area contributed by atoms with Crippen LogP contribution in [0.5, 0.6) is 0 Å². The number of benzene rings is 1. The van der Waals surface area contributed by atoms with Gasteiger partial charge in [0.05, 0.1) is 6.42 Å². The number of thioether (sulfide) groups is 1. The molecule has 2 fully saturated rings. The summed E-state index contributed by atoms with van der Waals surface area (Å²) in [7, 11) is 0. The average Bonchev–Trinajstić information content (AvgIpc) is 2.63. The van der Waals surface area contributed by atoms with Crippen molar-refractivity contribution in [3.05, 3.63) is 35.6 Å². The summed E-state index contributed by atoms with van der Waals surface area (Å²) < 4.78 is 12.9. The van der Waals surface area contributed by atoms with E-state index in [9.17, 15) is 9.18 Å². The van der Waals surface area contributed by atoms with Crippen LogP contribution in [-0.4, -0.2) is 48.0 Å². The minimum Gasteiger partial charge on any atom is -0.356 e. The van der Waals surface area contributed by atoms with Gasteiger partial charge in [0.25, 0.3) is 0 Å². The lowest BCUT2D eigenvalue weighted by Crippen LogP contribution is -2.45. The van der Waals surface area contributed by atoms with E-state index in [2.05, 4.69) is 22.0 Å². The van der Waals surface area contributed by atoms with Crippen LogP contribution < -0.4 is 5.32 Å². The Morgan fingerprint density at radius 1 is 1.12 bits per heavy atom. The van der Waals surface area contributed by atoms with Crippen molar-refractivity contribution in [3.63, 3.8) is 0 Å². The molecule has 1 aromatic rings. The number of hydrogen-bond donors (Lipinski definition) is 1. The maximum absolute atomic E-state index is 12.9. The number of carbonyl (C=O) groups is 1. The molecule has 0 aliphatic carbocycles. The summed E-state index contributed by atoms with van der Waals surface area (Å²) in [4.78, 5) is 14.7. The van der Waals surface area contributed by atoms with Gasteiger partial charge in [0.15, 0.2) is 0 Å². The molecule has 0 spiro atoms. The summed E-state index contributed by atoms with van der Waals surface area (Å²) in [5.41, 5.74) is 0.860. The van der Waals surface area contributed by atoms with E-state index in [4.69, 9.17) is 0 Å². The molecule has 0 aromatic heterocycles. The molecule has 2 aliphatic rings. The van der Waals surface area contributed by atoms with Gasteiger partial charge in [0, 0.05) is 12.6 Å². The minimum atomic E-state index is -0.262. The topological polar surface area (TPSA) is 32.3 Å². The second kappa shape index (κ2) is 8.86. The van der Waals surface area contributed by atoms with E-state index in [0.29, 0.717) is 12.3 Å². The summed E-state index contributed by atoms with van der Waals surface area (Å²) in [6.45, 7) is 3.12. The first kappa shape index (κ1) is 17.7. The molecule has 24 heavy (non-hydrogen) atoms. The number of hydrogen-bond acceptors (Lipinski definition) is 3. The molecule has 3 rings (SSSR count). The average molecular weight is 351 g/mol. The Balaban J connectivity index is 1.35. The molecule has 1 amide bonds. The van der Waals surface area contributed by atoms with Crippen LogP contribution in [0, 0.1) is 11.7 Å². The number of carbonyl (C=O) groups excluding carboxylic acids is 1. The fourth-order valence-electron chi connectivity index (χ4n) is 3.68. The second-order valence-corrected chi connectivity index (χ2v) is 8.15. The third-order valence-electron chi connectivity index (χ3n) is 5.22. The highest BCUT2D eigenvalue weighted by molar-refractivity contribution is 7.99. The zero-order valence-electron chi connectivity index (χ0n) is 14.2. The normalized spacial score (nSPS) is 20.9. The van der Waals surface area contributed by atoms with E-state index in [1.165, 1.54) is 62.4 Å². The van der Waals surface area contributed by atoms with Gasteiger partial charge in [-0.3, -0.25) is 4.79 Å². The predicted molar refractivity (Wildman–Crippen MR) is 97.8 cm³/mol. The third-order valence-corrected chi connectivity index (χ3v) is 6.27. The molecule has 5 heteroatoms. The Labute approximate surface area is 148 Å². The summed E-state index contributed by atoms with van der Waals surface area (Å²) in [5, 5.41) is 3.06. The van der Waals surface area contributed by atoms with E-state index in [1.807, 2.05) is 0 Å². The molecule has 0 atom stereocenters. The predicted octanol–water partition coefficient (Wildman–Crippen LogP) is 3.09. The summed E-state index contributed by atoms with van der Waals surface area (Å²) in [6, 6.07) is 6.95. The highest BCUT2D eigenvalue weighted by Gasteiger charge is 2.26. The van der Waals surface area contributed by atoms with Crippen LogP contribution in [0.3, 0.4) is 0 Å². The minimum absolute atomic E-state index is 0.0355. The van der Waals surface area contributed by atoms with E-state index >= 15 is 0 Å². The molecule has 0 saturated carbocycles. The lowest BCUT2D eigenvalue weighted by Gasteiger charge is -2.39. The SMILES string of the molecule is O=C(Cc1ccc(F)cc1)NCC1CCN(C2CCSCC2)CC1. The van der Waals surface area contributed by atoms with Crippen LogP contribution in [-0.2, 0) is 11.2 Å². The van der Waals surface area contributed by atoms with Gasteiger partial charge < -0.3 is 10.2 Å². The van der Waals surface area contributed by atoms with E-state index in [1.54, 1.807) is 12.1 Å². The van der Waals surface area contributed by atoms with Crippen molar-refractivity contribution in [2.24, 2.45) is 5.92 Å². The van der Waals surface area contributed by atoms with E-state index < -0.39 is 0 Å².